The highest BCUT2D eigenvalue weighted by molar-refractivity contribution is 5.82. The molecule has 0 fully saturated rings. The smallest absolute Gasteiger partial charge is 0.0420 e. The van der Waals surface area contributed by atoms with E-state index >= 15 is 0 Å². The minimum atomic E-state index is 0.932. The van der Waals surface area contributed by atoms with Gasteiger partial charge in [-0.25, -0.2) is 0 Å². The lowest BCUT2D eigenvalue weighted by Crippen LogP contribution is -2.04. The third-order valence-corrected chi connectivity index (χ3v) is 4.95. The molecule has 0 aliphatic carbocycles. The van der Waals surface area contributed by atoms with Gasteiger partial charge in [-0.2, -0.15) is 0 Å². The molecular formula is C27H31NO. The van der Waals surface area contributed by atoms with Crippen LogP contribution in [0.1, 0.15) is 38.9 Å². The number of para-hydroxylation sites is 1. The zero-order chi connectivity index (χ0) is 21.4. The molecule has 29 heavy (non-hydrogen) atoms. The van der Waals surface area contributed by atoms with Crippen LogP contribution in [0.15, 0.2) is 80.4 Å². The second-order valence-electron chi connectivity index (χ2n) is 7.06. The fourth-order valence-corrected chi connectivity index (χ4v) is 3.76. The van der Waals surface area contributed by atoms with E-state index in [1.807, 2.05) is 0 Å². The number of benzene rings is 3. The fourth-order valence-electron chi connectivity index (χ4n) is 3.76. The quantitative estimate of drug-likeness (QED) is 0.508. The van der Waals surface area contributed by atoms with Gasteiger partial charge < -0.3 is 10.4 Å². The molecule has 1 aliphatic heterocycles. The minimum Gasteiger partial charge on any atom is -0.400 e. The van der Waals surface area contributed by atoms with Crippen molar-refractivity contribution in [3.05, 3.63) is 119 Å². The Morgan fingerprint density at radius 1 is 0.862 bits per heavy atom. The highest BCUT2D eigenvalue weighted by Gasteiger charge is 2.19. The molecule has 150 valence electrons. The molecule has 0 radical (unpaired) electrons. The Kier molecular flexibility index (Phi) is 7.99. The Morgan fingerprint density at radius 3 is 2.21 bits per heavy atom. The van der Waals surface area contributed by atoms with Gasteiger partial charge >= 0.3 is 0 Å². The van der Waals surface area contributed by atoms with Crippen molar-refractivity contribution in [2.75, 3.05) is 12.4 Å². The molecule has 0 atom stereocenters. The molecule has 2 heteroatoms. The summed E-state index contributed by atoms with van der Waals surface area (Å²) >= 11 is 0. The van der Waals surface area contributed by atoms with Gasteiger partial charge in [0.2, 0.25) is 0 Å². The second-order valence-corrected chi connectivity index (χ2v) is 7.06. The lowest BCUT2D eigenvalue weighted by atomic mass is 9.90. The first-order chi connectivity index (χ1) is 14.1. The zero-order valence-corrected chi connectivity index (χ0v) is 17.8. The topological polar surface area (TPSA) is 32.3 Å². The SMILES string of the molecule is C=C.C=C1Nc2ccccc2Cc2cc(C)cc(Cc3ccc(C)cc3)c21.CO. The molecule has 1 aliphatic rings. The van der Waals surface area contributed by atoms with Gasteiger partial charge in [0.1, 0.15) is 0 Å². The molecule has 0 bridgehead atoms. The number of nitrogens with one attached hydrogen (secondary N) is 1. The molecule has 2 nitrogen and oxygen atoms in total. The molecule has 0 saturated carbocycles. The number of aliphatic hydroxyl groups is 1. The maximum atomic E-state index is 7.00. The van der Waals surface area contributed by atoms with E-state index in [1.165, 1.54) is 44.6 Å². The summed E-state index contributed by atoms with van der Waals surface area (Å²) in [6.07, 6.45) is 1.88. The number of hydrogen-bond donors (Lipinski definition) is 2. The lowest BCUT2D eigenvalue weighted by Gasteiger charge is -2.16. The van der Waals surface area contributed by atoms with Crippen molar-refractivity contribution in [2.24, 2.45) is 0 Å². The summed E-state index contributed by atoms with van der Waals surface area (Å²) < 4.78 is 0. The van der Waals surface area contributed by atoms with Gasteiger partial charge in [-0.3, -0.25) is 0 Å². The Labute approximate surface area is 175 Å². The molecule has 3 aromatic carbocycles. The first kappa shape index (κ1) is 22.2. The molecule has 3 aromatic rings. The molecule has 0 amide bonds. The molecular weight excluding hydrogens is 354 g/mol. The van der Waals surface area contributed by atoms with Crippen molar-refractivity contribution >= 4 is 11.4 Å². The fraction of sp³-hybridized carbons (Fsp3) is 0.185. The predicted octanol–water partition coefficient (Wildman–Crippen LogP) is 6.29. The highest BCUT2D eigenvalue weighted by Crippen LogP contribution is 2.34. The summed E-state index contributed by atoms with van der Waals surface area (Å²) in [5.74, 6) is 0. The summed E-state index contributed by atoms with van der Waals surface area (Å²) in [5.41, 5.74) is 11.4. The number of aryl methyl sites for hydroxylation is 2. The maximum Gasteiger partial charge on any atom is 0.0420 e. The molecule has 0 unspecified atom stereocenters. The van der Waals surface area contributed by atoms with Crippen molar-refractivity contribution in [1.29, 1.82) is 0 Å². The van der Waals surface area contributed by atoms with E-state index in [2.05, 4.69) is 99.6 Å². The van der Waals surface area contributed by atoms with Gasteiger partial charge in [-0.15, -0.1) is 13.2 Å². The largest absolute Gasteiger partial charge is 0.400 e. The van der Waals surface area contributed by atoms with Crippen LogP contribution in [-0.4, -0.2) is 12.2 Å². The van der Waals surface area contributed by atoms with Crippen LogP contribution in [0.2, 0.25) is 0 Å². The van der Waals surface area contributed by atoms with Crippen molar-refractivity contribution in [3.63, 3.8) is 0 Å². The highest BCUT2D eigenvalue weighted by atomic mass is 16.2. The van der Waals surface area contributed by atoms with E-state index in [9.17, 15) is 0 Å². The normalized spacial score (nSPS) is 11.4. The van der Waals surface area contributed by atoms with Crippen LogP contribution in [0.5, 0.6) is 0 Å². The molecule has 0 saturated heterocycles. The zero-order valence-electron chi connectivity index (χ0n) is 17.8. The summed E-state index contributed by atoms with van der Waals surface area (Å²) in [7, 11) is 1.00. The van der Waals surface area contributed by atoms with Gasteiger partial charge in [0.05, 0.1) is 0 Å². The van der Waals surface area contributed by atoms with Crippen LogP contribution < -0.4 is 5.32 Å². The number of aliphatic hydroxyl groups excluding tert-OH is 1. The first-order valence-corrected chi connectivity index (χ1v) is 9.77. The van der Waals surface area contributed by atoms with E-state index in [0.29, 0.717) is 0 Å². The third kappa shape index (κ3) is 5.24. The van der Waals surface area contributed by atoms with Gasteiger partial charge in [-0.05, 0) is 48.6 Å². The Balaban J connectivity index is 0.000000707. The number of rotatable bonds is 2. The van der Waals surface area contributed by atoms with Crippen LogP contribution in [0.3, 0.4) is 0 Å². The Bertz CT molecular complexity index is 970. The summed E-state index contributed by atoms with van der Waals surface area (Å²) in [6.45, 7) is 14.7. The standard InChI is InChI=1S/C24H23N.C2H4.CH4O/c1-16-8-10-19(11-9-16)14-21-12-17(2)13-22-15-20-6-4-5-7-23(20)25-18(3)24(21)22;2*1-2/h4-13,25H,3,14-15H2,1-2H3;1-2H2;2H,1H3. The van der Waals surface area contributed by atoms with Gasteiger partial charge in [-0.1, -0.05) is 72.3 Å². The minimum absolute atomic E-state index is 0.932. The summed E-state index contributed by atoms with van der Waals surface area (Å²) in [5, 5.41) is 10.5. The molecule has 2 N–H and O–H groups in total. The Morgan fingerprint density at radius 2 is 1.52 bits per heavy atom. The van der Waals surface area contributed by atoms with E-state index < -0.39 is 0 Å². The van der Waals surface area contributed by atoms with E-state index in [0.717, 1.165) is 25.6 Å². The monoisotopic (exact) mass is 385 g/mol. The van der Waals surface area contributed by atoms with Crippen molar-refractivity contribution in [1.82, 2.24) is 0 Å². The first-order valence-electron chi connectivity index (χ1n) is 9.77. The van der Waals surface area contributed by atoms with Crippen molar-refractivity contribution < 1.29 is 5.11 Å². The summed E-state index contributed by atoms with van der Waals surface area (Å²) in [4.78, 5) is 0. The van der Waals surface area contributed by atoms with Crippen LogP contribution in [0, 0.1) is 13.8 Å². The number of fused-ring (bicyclic) bond motifs is 2. The van der Waals surface area contributed by atoms with Crippen molar-refractivity contribution in [2.45, 2.75) is 26.7 Å². The van der Waals surface area contributed by atoms with Gasteiger partial charge in [0, 0.05) is 30.5 Å². The van der Waals surface area contributed by atoms with Crippen LogP contribution in [-0.2, 0) is 12.8 Å². The van der Waals surface area contributed by atoms with Crippen LogP contribution in [0.4, 0.5) is 5.69 Å². The molecule has 1 heterocycles. The Hall–Kier alpha value is -3.10. The van der Waals surface area contributed by atoms with E-state index in [1.54, 1.807) is 0 Å². The number of hydrogen-bond acceptors (Lipinski definition) is 2. The molecule has 0 aromatic heterocycles. The van der Waals surface area contributed by atoms with Gasteiger partial charge in [0.25, 0.3) is 0 Å². The van der Waals surface area contributed by atoms with Crippen LogP contribution in [0.25, 0.3) is 5.70 Å². The maximum absolute atomic E-state index is 7.00. The molecule has 0 spiro atoms. The average molecular weight is 386 g/mol. The second kappa shape index (κ2) is 10.4. The summed E-state index contributed by atoms with van der Waals surface area (Å²) in [6, 6.07) is 22.0. The van der Waals surface area contributed by atoms with E-state index in [-0.39, 0.29) is 0 Å². The van der Waals surface area contributed by atoms with Gasteiger partial charge in [0.15, 0.2) is 0 Å². The van der Waals surface area contributed by atoms with Crippen molar-refractivity contribution in [3.8, 4) is 0 Å². The van der Waals surface area contributed by atoms with E-state index in [4.69, 9.17) is 5.11 Å². The predicted molar refractivity (Wildman–Crippen MR) is 126 cm³/mol. The lowest BCUT2D eigenvalue weighted by molar-refractivity contribution is 0.399. The molecule has 4 rings (SSSR count). The third-order valence-electron chi connectivity index (χ3n) is 4.95. The number of anilines is 1. The average Bonchev–Trinajstić information content (AvgIpc) is 2.88. The van der Waals surface area contributed by atoms with Crippen LogP contribution >= 0.6 is 0 Å².